The van der Waals surface area contributed by atoms with E-state index in [1.165, 1.54) is 13.0 Å². The molecule has 0 saturated heterocycles. The zero-order chi connectivity index (χ0) is 9.14. The molecular weight excluding hydrogens is 148 g/mol. The molecule has 2 heteroatoms. The van der Waals surface area contributed by atoms with Crippen molar-refractivity contribution >= 4 is 6.34 Å². The van der Waals surface area contributed by atoms with Crippen molar-refractivity contribution in [2.24, 2.45) is 0 Å². The zero-order valence-corrected chi connectivity index (χ0v) is 8.80. The van der Waals surface area contributed by atoms with Gasteiger partial charge >= 0.3 is 6.34 Å². The SMILES string of the molecule is CCC1C(C)[NH+](CC)C=[N+]1CC. The van der Waals surface area contributed by atoms with Gasteiger partial charge in [-0.15, -0.1) is 0 Å². The van der Waals surface area contributed by atoms with E-state index in [9.17, 15) is 0 Å². The number of nitrogens with zero attached hydrogens (tertiary/aromatic N) is 1. The lowest BCUT2D eigenvalue weighted by Gasteiger charge is -2.13. The summed E-state index contributed by atoms with van der Waals surface area (Å²) in [5.41, 5.74) is 0. The van der Waals surface area contributed by atoms with E-state index in [0.29, 0.717) is 0 Å². The maximum Gasteiger partial charge on any atom is 0.325 e. The molecule has 1 aliphatic heterocycles. The highest BCUT2D eigenvalue weighted by molar-refractivity contribution is 5.38. The molecule has 1 rings (SSSR count). The maximum atomic E-state index is 2.49. The first-order valence-corrected chi connectivity index (χ1v) is 5.20. The highest BCUT2D eigenvalue weighted by Gasteiger charge is 2.39. The molecule has 70 valence electrons. The van der Waals surface area contributed by atoms with Crippen LogP contribution in [0.15, 0.2) is 0 Å². The third-order valence-corrected chi connectivity index (χ3v) is 3.11. The van der Waals surface area contributed by atoms with Crippen LogP contribution in [0.2, 0.25) is 0 Å². The Morgan fingerprint density at radius 1 is 1.33 bits per heavy atom. The molecule has 3 unspecified atom stereocenters. The number of nitrogens with one attached hydrogen (secondary N) is 1. The average Bonchev–Trinajstić information content (AvgIpc) is 2.41. The molecule has 0 saturated carbocycles. The van der Waals surface area contributed by atoms with Crippen molar-refractivity contribution < 1.29 is 9.48 Å². The molecule has 0 bridgehead atoms. The van der Waals surface area contributed by atoms with Crippen molar-refractivity contribution in [1.82, 2.24) is 0 Å². The van der Waals surface area contributed by atoms with Gasteiger partial charge in [-0.3, -0.25) is 0 Å². The van der Waals surface area contributed by atoms with Crippen LogP contribution in [0.1, 0.15) is 34.1 Å². The summed E-state index contributed by atoms with van der Waals surface area (Å²) in [5.74, 6) is 0. The topological polar surface area (TPSA) is 7.45 Å². The molecule has 0 radical (unpaired) electrons. The van der Waals surface area contributed by atoms with Crippen LogP contribution < -0.4 is 4.90 Å². The Balaban J connectivity index is 2.71. The predicted octanol–water partition coefficient (Wildman–Crippen LogP) is 0.133. The van der Waals surface area contributed by atoms with Gasteiger partial charge in [0.05, 0.1) is 6.54 Å². The maximum absolute atomic E-state index is 2.49. The Bertz CT molecular complexity index is 175. The Morgan fingerprint density at radius 3 is 2.33 bits per heavy atom. The summed E-state index contributed by atoms with van der Waals surface area (Å²) >= 11 is 0. The van der Waals surface area contributed by atoms with E-state index >= 15 is 0 Å². The van der Waals surface area contributed by atoms with Gasteiger partial charge in [-0.05, 0) is 20.8 Å². The lowest BCUT2D eigenvalue weighted by Crippen LogP contribution is -3.13. The van der Waals surface area contributed by atoms with Crippen LogP contribution in [0.25, 0.3) is 0 Å². The van der Waals surface area contributed by atoms with Gasteiger partial charge in [-0.1, -0.05) is 6.92 Å². The van der Waals surface area contributed by atoms with Gasteiger partial charge in [0.25, 0.3) is 0 Å². The van der Waals surface area contributed by atoms with Gasteiger partial charge in [0.15, 0.2) is 6.04 Å². The number of hydrogen-bond acceptors (Lipinski definition) is 0. The molecular formula is C10H22N2+2. The minimum absolute atomic E-state index is 0.768. The Morgan fingerprint density at radius 2 is 2.00 bits per heavy atom. The van der Waals surface area contributed by atoms with E-state index in [1.807, 2.05) is 0 Å². The first-order chi connectivity index (χ1) is 5.74. The summed E-state index contributed by atoms with van der Waals surface area (Å²) in [6.07, 6.45) is 3.65. The molecule has 0 fully saturated rings. The van der Waals surface area contributed by atoms with Crippen molar-refractivity contribution in [3.63, 3.8) is 0 Å². The van der Waals surface area contributed by atoms with Crippen LogP contribution in [-0.2, 0) is 0 Å². The average molecular weight is 170 g/mol. The predicted molar refractivity (Wildman–Crippen MR) is 51.9 cm³/mol. The van der Waals surface area contributed by atoms with Crippen molar-refractivity contribution in [2.45, 2.75) is 46.2 Å². The van der Waals surface area contributed by atoms with Crippen molar-refractivity contribution in [1.29, 1.82) is 0 Å². The second kappa shape index (κ2) is 4.04. The first-order valence-electron chi connectivity index (χ1n) is 5.20. The molecule has 0 spiro atoms. The van der Waals surface area contributed by atoms with Crippen LogP contribution in [0.3, 0.4) is 0 Å². The summed E-state index contributed by atoms with van der Waals surface area (Å²) in [6.45, 7) is 11.5. The molecule has 1 heterocycles. The molecule has 12 heavy (non-hydrogen) atoms. The summed E-state index contributed by atoms with van der Waals surface area (Å²) in [5, 5.41) is 0. The normalized spacial score (nSPS) is 35.3. The van der Waals surface area contributed by atoms with Crippen molar-refractivity contribution in [2.75, 3.05) is 13.1 Å². The Kier molecular flexibility index (Phi) is 3.27. The number of likely N-dealkylation sites (N-methyl/N-ethyl adjacent to an activating group) is 2. The molecule has 1 aliphatic rings. The van der Waals surface area contributed by atoms with E-state index in [2.05, 4.69) is 38.6 Å². The summed E-state index contributed by atoms with van der Waals surface area (Å²) in [4.78, 5) is 1.63. The fraction of sp³-hybridized carbons (Fsp3) is 0.900. The minimum Gasteiger partial charge on any atom is -0.246 e. The van der Waals surface area contributed by atoms with Gasteiger partial charge in [0.2, 0.25) is 6.04 Å². The fourth-order valence-electron chi connectivity index (χ4n) is 2.29. The van der Waals surface area contributed by atoms with Gasteiger partial charge < -0.3 is 0 Å². The highest BCUT2D eigenvalue weighted by Crippen LogP contribution is 2.03. The quantitative estimate of drug-likeness (QED) is 0.576. The highest BCUT2D eigenvalue weighted by atomic mass is 15.3. The van der Waals surface area contributed by atoms with E-state index in [0.717, 1.165) is 18.6 Å². The third-order valence-electron chi connectivity index (χ3n) is 3.11. The first kappa shape index (κ1) is 9.72. The largest absolute Gasteiger partial charge is 0.325 e. The number of quaternary nitrogens is 1. The van der Waals surface area contributed by atoms with E-state index < -0.39 is 0 Å². The van der Waals surface area contributed by atoms with Crippen LogP contribution in [-0.4, -0.2) is 36.1 Å². The minimum atomic E-state index is 0.768. The van der Waals surface area contributed by atoms with E-state index in [4.69, 9.17) is 0 Å². The summed E-state index contributed by atoms with van der Waals surface area (Å²) in [7, 11) is 0. The lowest BCUT2D eigenvalue weighted by molar-refractivity contribution is -0.818. The Labute approximate surface area is 75.9 Å². The number of hydrogen-bond donors (Lipinski definition) is 1. The van der Waals surface area contributed by atoms with Crippen LogP contribution in [0.5, 0.6) is 0 Å². The molecule has 0 amide bonds. The zero-order valence-electron chi connectivity index (χ0n) is 8.80. The van der Waals surface area contributed by atoms with Crippen LogP contribution in [0, 0.1) is 0 Å². The van der Waals surface area contributed by atoms with E-state index in [-0.39, 0.29) is 0 Å². The summed E-state index contributed by atoms with van der Waals surface area (Å²) in [6, 6.07) is 1.55. The Hall–Kier alpha value is -0.370. The third kappa shape index (κ3) is 1.53. The second-order valence-corrected chi connectivity index (χ2v) is 3.65. The molecule has 0 aliphatic carbocycles. The van der Waals surface area contributed by atoms with Gasteiger partial charge in [0.1, 0.15) is 6.54 Å². The lowest BCUT2D eigenvalue weighted by atomic mass is 10.1. The molecule has 2 nitrogen and oxygen atoms in total. The standard InChI is InChI=1S/C10H21N2/c1-5-10-9(4)11(6-2)8-12(10)7-3/h8-10H,5-7H2,1-4H3/q+1/p+1. The van der Waals surface area contributed by atoms with Crippen molar-refractivity contribution in [3.05, 3.63) is 0 Å². The van der Waals surface area contributed by atoms with E-state index in [1.54, 1.807) is 4.90 Å². The molecule has 1 N–H and O–H groups in total. The molecule has 3 atom stereocenters. The van der Waals surface area contributed by atoms with Gasteiger partial charge in [-0.25, -0.2) is 4.90 Å². The fourth-order valence-corrected chi connectivity index (χ4v) is 2.29. The van der Waals surface area contributed by atoms with Gasteiger partial charge in [0, 0.05) is 6.42 Å². The number of rotatable bonds is 3. The second-order valence-electron chi connectivity index (χ2n) is 3.65. The molecule has 0 aromatic heterocycles. The van der Waals surface area contributed by atoms with Crippen LogP contribution >= 0.6 is 0 Å². The van der Waals surface area contributed by atoms with Crippen LogP contribution in [0.4, 0.5) is 0 Å². The summed E-state index contributed by atoms with van der Waals surface area (Å²) < 4.78 is 2.49. The van der Waals surface area contributed by atoms with Crippen molar-refractivity contribution in [3.8, 4) is 0 Å². The molecule has 0 aromatic rings. The smallest absolute Gasteiger partial charge is 0.246 e. The molecule has 0 aromatic carbocycles. The van der Waals surface area contributed by atoms with Gasteiger partial charge in [-0.2, -0.15) is 4.58 Å². The monoisotopic (exact) mass is 170 g/mol.